The van der Waals surface area contributed by atoms with E-state index in [0.29, 0.717) is 23.6 Å². The van der Waals surface area contributed by atoms with Crippen molar-refractivity contribution >= 4 is 25.3 Å². The lowest BCUT2D eigenvalue weighted by Crippen LogP contribution is -2.16. The van der Waals surface area contributed by atoms with Crippen LogP contribution in [0.15, 0.2) is 0 Å². The minimum absolute atomic E-state index is 0.383. The summed E-state index contributed by atoms with van der Waals surface area (Å²) in [6.45, 7) is 1.41. The molecule has 0 radical (unpaired) electrons. The fraction of sp³-hybridized carbons (Fsp3) is 1.00. The predicted molar refractivity (Wildman–Crippen MR) is 57.5 cm³/mol. The molecule has 0 aromatic rings. The van der Waals surface area contributed by atoms with Crippen molar-refractivity contribution in [2.75, 3.05) is 13.1 Å². The molecule has 0 saturated carbocycles. The maximum Gasteiger partial charge on any atom is 0.00392 e. The standard InChI is InChI=1S/C7H18N2S2/c8-3-1-6(10)5-7(11)2-4-9/h6-7,10-11H,1-5,8-9H2. The van der Waals surface area contributed by atoms with Crippen molar-refractivity contribution in [2.24, 2.45) is 11.5 Å². The number of rotatable bonds is 6. The molecule has 68 valence electrons. The first kappa shape index (κ1) is 11.6. The van der Waals surface area contributed by atoms with Crippen LogP contribution in [0.4, 0.5) is 0 Å². The van der Waals surface area contributed by atoms with Gasteiger partial charge in [0.25, 0.3) is 0 Å². The van der Waals surface area contributed by atoms with Gasteiger partial charge in [0.2, 0.25) is 0 Å². The first-order valence-corrected chi connectivity index (χ1v) is 5.00. The fourth-order valence-corrected chi connectivity index (χ4v) is 1.91. The molecular weight excluding hydrogens is 176 g/mol. The number of hydrogen-bond acceptors (Lipinski definition) is 4. The molecule has 0 saturated heterocycles. The molecule has 0 aromatic heterocycles. The van der Waals surface area contributed by atoms with Gasteiger partial charge in [0.1, 0.15) is 0 Å². The molecule has 2 unspecified atom stereocenters. The highest BCUT2D eigenvalue weighted by Gasteiger charge is 2.08. The Balaban J connectivity index is 3.32. The predicted octanol–water partition coefficient (Wildman–Crippen LogP) is 0.671. The van der Waals surface area contributed by atoms with Gasteiger partial charge in [-0.05, 0) is 32.4 Å². The maximum absolute atomic E-state index is 5.38. The van der Waals surface area contributed by atoms with E-state index in [9.17, 15) is 0 Å². The maximum atomic E-state index is 5.38. The zero-order valence-electron chi connectivity index (χ0n) is 6.74. The van der Waals surface area contributed by atoms with Crippen LogP contribution in [-0.2, 0) is 0 Å². The highest BCUT2D eigenvalue weighted by atomic mass is 32.1. The smallest absolute Gasteiger partial charge is 0.00392 e. The number of hydrogen-bond donors (Lipinski definition) is 4. The molecule has 0 aliphatic carbocycles. The Kier molecular flexibility index (Phi) is 7.69. The molecule has 0 aliphatic heterocycles. The second kappa shape index (κ2) is 7.28. The van der Waals surface area contributed by atoms with Crippen LogP contribution in [0.25, 0.3) is 0 Å². The number of thiol groups is 2. The van der Waals surface area contributed by atoms with Gasteiger partial charge in [0, 0.05) is 10.5 Å². The van der Waals surface area contributed by atoms with Crippen LogP contribution in [0.5, 0.6) is 0 Å². The third-order valence-corrected chi connectivity index (χ3v) is 2.48. The van der Waals surface area contributed by atoms with Crippen molar-refractivity contribution in [1.29, 1.82) is 0 Å². The molecule has 2 nitrogen and oxygen atoms in total. The lowest BCUT2D eigenvalue weighted by molar-refractivity contribution is 0.654. The summed E-state index contributed by atoms with van der Waals surface area (Å²) in [5.74, 6) is 0. The van der Waals surface area contributed by atoms with Gasteiger partial charge in [-0.2, -0.15) is 25.3 Å². The molecule has 0 rings (SSSR count). The summed E-state index contributed by atoms with van der Waals surface area (Å²) in [6.07, 6.45) is 2.93. The van der Waals surface area contributed by atoms with Crippen LogP contribution in [-0.4, -0.2) is 23.6 Å². The third kappa shape index (κ3) is 7.00. The molecule has 0 aromatic carbocycles. The SMILES string of the molecule is NCCC(S)CC(S)CCN. The minimum atomic E-state index is 0.383. The van der Waals surface area contributed by atoms with Crippen LogP contribution in [0.3, 0.4) is 0 Å². The van der Waals surface area contributed by atoms with E-state index in [1.54, 1.807) is 0 Å². The van der Waals surface area contributed by atoms with E-state index in [1.165, 1.54) is 0 Å². The molecule has 0 heterocycles. The van der Waals surface area contributed by atoms with E-state index in [1.807, 2.05) is 0 Å². The summed E-state index contributed by atoms with van der Waals surface area (Å²) in [5, 5.41) is 0.767. The van der Waals surface area contributed by atoms with E-state index < -0.39 is 0 Å². The topological polar surface area (TPSA) is 52.0 Å². The molecule has 0 spiro atoms. The van der Waals surface area contributed by atoms with Gasteiger partial charge in [0.15, 0.2) is 0 Å². The second-order valence-electron chi connectivity index (χ2n) is 2.70. The van der Waals surface area contributed by atoms with Crippen molar-refractivity contribution in [3.63, 3.8) is 0 Å². The molecule has 0 fully saturated rings. The van der Waals surface area contributed by atoms with E-state index >= 15 is 0 Å². The highest BCUT2D eigenvalue weighted by molar-refractivity contribution is 7.81. The summed E-state index contributed by atoms with van der Waals surface area (Å²) in [4.78, 5) is 0. The van der Waals surface area contributed by atoms with Gasteiger partial charge in [-0.15, -0.1) is 0 Å². The second-order valence-corrected chi connectivity index (χ2v) is 4.16. The van der Waals surface area contributed by atoms with Gasteiger partial charge < -0.3 is 11.5 Å². The Bertz CT molecular complexity index is 80.5. The normalized spacial score (nSPS) is 16.4. The van der Waals surface area contributed by atoms with Crippen molar-refractivity contribution in [1.82, 2.24) is 0 Å². The van der Waals surface area contributed by atoms with Crippen LogP contribution < -0.4 is 11.5 Å². The average molecular weight is 194 g/mol. The Labute approximate surface area is 79.9 Å². The molecule has 2 atom stereocenters. The van der Waals surface area contributed by atoms with Crippen molar-refractivity contribution in [3.8, 4) is 0 Å². The van der Waals surface area contributed by atoms with E-state index in [2.05, 4.69) is 25.3 Å². The Morgan fingerprint density at radius 3 is 1.55 bits per heavy atom. The molecular formula is C7H18N2S2. The van der Waals surface area contributed by atoms with Crippen LogP contribution in [0.1, 0.15) is 19.3 Å². The first-order valence-electron chi connectivity index (χ1n) is 3.97. The minimum Gasteiger partial charge on any atom is -0.330 e. The Morgan fingerprint density at radius 2 is 1.27 bits per heavy atom. The molecule has 0 bridgehead atoms. The van der Waals surface area contributed by atoms with Gasteiger partial charge in [0.05, 0.1) is 0 Å². The van der Waals surface area contributed by atoms with Gasteiger partial charge in [-0.1, -0.05) is 0 Å². The molecule has 0 amide bonds. The molecule has 0 aliphatic rings. The highest BCUT2D eigenvalue weighted by Crippen LogP contribution is 2.14. The van der Waals surface area contributed by atoms with Crippen LogP contribution in [0, 0.1) is 0 Å². The lowest BCUT2D eigenvalue weighted by Gasteiger charge is -2.13. The zero-order chi connectivity index (χ0) is 8.69. The van der Waals surface area contributed by atoms with E-state index in [0.717, 1.165) is 19.3 Å². The molecule has 11 heavy (non-hydrogen) atoms. The molecule has 4 heteroatoms. The summed E-state index contributed by atoms with van der Waals surface area (Å²) >= 11 is 8.75. The Morgan fingerprint density at radius 1 is 0.909 bits per heavy atom. The largest absolute Gasteiger partial charge is 0.330 e. The van der Waals surface area contributed by atoms with Gasteiger partial charge in [-0.25, -0.2) is 0 Å². The average Bonchev–Trinajstić information content (AvgIpc) is 1.87. The monoisotopic (exact) mass is 194 g/mol. The van der Waals surface area contributed by atoms with Crippen molar-refractivity contribution in [3.05, 3.63) is 0 Å². The summed E-state index contributed by atoms with van der Waals surface area (Å²) in [6, 6.07) is 0. The fourth-order valence-electron chi connectivity index (χ4n) is 0.935. The van der Waals surface area contributed by atoms with Crippen molar-refractivity contribution < 1.29 is 0 Å². The van der Waals surface area contributed by atoms with Crippen LogP contribution in [0.2, 0.25) is 0 Å². The van der Waals surface area contributed by atoms with Gasteiger partial charge >= 0.3 is 0 Å². The summed E-state index contributed by atoms with van der Waals surface area (Å²) in [7, 11) is 0. The summed E-state index contributed by atoms with van der Waals surface area (Å²) < 4.78 is 0. The third-order valence-electron chi connectivity index (χ3n) is 1.54. The Hall–Kier alpha value is 0.620. The van der Waals surface area contributed by atoms with E-state index in [-0.39, 0.29) is 0 Å². The van der Waals surface area contributed by atoms with E-state index in [4.69, 9.17) is 11.5 Å². The lowest BCUT2D eigenvalue weighted by atomic mass is 10.1. The first-order chi connectivity index (χ1) is 5.20. The van der Waals surface area contributed by atoms with Crippen molar-refractivity contribution in [2.45, 2.75) is 29.8 Å². The van der Waals surface area contributed by atoms with Gasteiger partial charge in [-0.3, -0.25) is 0 Å². The van der Waals surface area contributed by atoms with Crippen LogP contribution >= 0.6 is 25.3 Å². The zero-order valence-corrected chi connectivity index (χ0v) is 8.53. The summed E-state index contributed by atoms with van der Waals surface area (Å²) in [5.41, 5.74) is 10.8. The quantitative estimate of drug-likeness (QED) is 0.470. The molecule has 4 N–H and O–H groups in total. The number of nitrogens with two attached hydrogens (primary N) is 2.